The second kappa shape index (κ2) is 7.68. The lowest BCUT2D eigenvalue weighted by Crippen LogP contribution is -2.50. The highest BCUT2D eigenvalue weighted by atomic mass is 32.2. The first-order chi connectivity index (χ1) is 13.9. The Kier molecular flexibility index (Phi) is 5.23. The van der Waals surface area contributed by atoms with Gasteiger partial charge in [0.15, 0.2) is 0 Å². The predicted molar refractivity (Wildman–Crippen MR) is 109 cm³/mol. The number of hydrogen-bond donors (Lipinski definition) is 0. The van der Waals surface area contributed by atoms with Crippen LogP contribution in [0.2, 0.25) is 0 Å². The minimum Gasteiger partial charge on any atom is -0.497 e. The van der Waals surface area contributed by atoms with Gasteiger partial charge >= 0.3 is 6.09 Å². The summed E-state index contributed by atoms with van der Waals surface area (Å²) >= 11 is 0. The second-order valence-corrected chi connectivity index (χ2v) is 9.26. The average molecular weight is 416 g/mol. The van der Waals surface area contributed by atoms with Gasteiger partial charge in [-0.15, -0.1) is 0 Å². The number of anilines is 1. The van der Waals surface area contributed by atoms with E-state index in [0.29, 0.717) is 31.7 Å². The Labute approximate surface area is 170 Å². The van der Waals surface area contributed by atoms with Gasteiger partial charge in [0, 0.05) is 30.8 Å². The van der Waals surface area contributed by atoms with Gasteiger partial charge in [-0.1, -0.05) is 24.3 Å². The molecule has 1 saturated heterocycles. The number of para-hydroxylation sites is 1. The molecule has 0 aromatic heterocycles. The fourth-order valence-electron chi connectivity index (χ4n) is 4.06. The Morgan fingerprint density at radius 1 is 1.10 bits per heavy atom. The summed E-state index contributed by atoms with van der Waals surface area (Å²) in [7, 11) is -2.10. The van der Waals surface area contributed by atoms with Crippen LogP contribution >= 0.6 is 0 Å². The van der Waals surface area contributed by atoms with Gasteiger partial charge in [-0.2, -0.15) is 4.31 Å². The highest BCUT2D eigenvalue weighted by Gasteiger charge is 2.37. The number of hydrogen-bond acceptors (Lipinski definition) is 5. The number of amides is 1. The number of rotatable bonds is 4. The molecule has 2 aromatic carbocycles. The number of benzene rings is 2. The molecule has 8 heteroatoms. The van der Waals surface area contributed by atoms with Crippen molar-refractivity contribution in [2.24, 2.45) is 0 Å². The van der Waals surface area contributed by atoms with Gasteiger partial charge in [0.2, 0.25) is 10.0 Å². The van der Waals surface area contributed by atoms with E-state index in [2.05, 4.69) is 0 Å². The van der Waals surface area contributed by atoms with Crippen LogP contribution in [0.1, 0.15) is 24.0 Å². The number of nitrogens with zero attached hydrogens (tertiary/aromatic N) is 2. The highest BCUT2D eigenvalue weighted by molar-refractivity contribution is 7.89. The van der Waals surface area contributed by atoms with E-state index in [-0.39, 0.29) is 23.6 Å². The molecule has 0 radical (unpaired) electrons. The maximum Gasteiger partial charge on any atom is 0.414 e. The SMILES string of the molecule is COc1cccc(S(=O)(=O)N2CCC(N3C(=O)OCc4cccc(C)c43)CC2)c1. The highest BCUT2D eigenvalue weighted by Crippen LogP contribution is 2.35. The molecule has 1 amide bonds. The zero-order chi connectivity index (χ0) is 20.6. The van der Waals surface area contributed by atoms with E-state index in [9.17, 15) is 13.2 Å². The van der Waals surface area contributed by atoms with Crippen molar-refractivity contribution in [3.8, 4) is 5.75 Å². The number of carbonyl (C=O) groups is 1. The average Bonchev–Trinajstić information content (AvgIpc) is 2.74. The van der Waals surface area contributed by atoms with Crippen LogP contribution in [0.15, 0.2) is 47.4 Å². The van der Waals surface area contributed by atoms with Gasteiger partial charge in [0.05, 0.1) is 17.7 Å². The van der Waals surface area contributed by atoms with E-state index in [4.69, 9.17) is 9.47 Å². The first kappa shape index (κ1) is 19.7. The lowest BCUT2D eigenvalue weighted by atomic mass is 10.00. The van der Waals surface area contributed by atoms with Gasteiger partial charge < -0.3 is 9.47 Å². The first-order valence-electron chi connectivity index (χ1n) is 9.60. The first-order valence-corrected chi connectivity index (χ1v) is 11.0. The fourth-order valence-corrected chi connectivity index (χ4v) is 5.57. The minimum absolute atomic E-state index is 0.0978. The molecule has 0 atom stereocenters. The predicted octanol–water partition coefficient (Wildman–Crippen LogP) is 3.31. The summed E-state index contributed by atoms with van der Waals surface area (Å²) in [5.74, 6) is 0.504. The second-order valence-electron chi connectivity index (χ2n) is 7.32. The van der Waals surface area contributed by atoms with Crippen molar-refractivity contribution < 1.29 is 22.7 Å². The summed E-state index contributed by atoms with van der Waals surface area (Å²) in [6, 6.07) is 12.3. The molecule has 0 N–H and O–H groups in total. The number of fused-ring (bicyclic) bond motifs is 1. The van der Waals surface area contributed by atoms with E-state index in [0.717, 1.165) is 16.8 Å². The van der Waals surface area contributed by atoms with Crippen LogP contribution in [0.5, 0.6) is 5.75 Å². The van der Waals surface area contributed by atoms with Crippen molar-refractivity contribution in [2.75, 3.05) is 25.1 Å². The molecule has 0 saturated carbocycles. The number of aryl methyl sites for hydroxylation is 1. The lowest BCUT2D eigenvalue weighted by molar-refractivity contribution is 0.135. The van der Waals surface area contributed by atoms with Crippen LogP contribution in [0.4, 0.5) is 10.5 Å². The third-order valence-electron chi connectivity index (χ3n) is 5.58. The zero-order valence-corrected chi connectivity index (χ0v) is 17.3. The van der Waals surface area contributed by atoms with Crippen molar-refractivity contribution in [1.29, 1.82) is 0 Å². The van der Waals surface area contributed by atoms with Crippen LogP contribution < -0.4 is 9.64 Å². The van der Waals surface area contributed by atoms with E-state index >= 15 is 0 Å². The number of cyclic esters (lactones) is 1. The Balaban J connectivity index is 1.54. The Morgan fingerprint density at radius 3 is 2.55 bits per heavy atom. The van der Waals surface area contributed by atoms with Crippen LogP contribution in [0, 0.1) is 6.92 Å². The maximum absolute atomic E-state index is 13.0. The monoisotopic (exact) mass is 416 g/mol. The van der Waals surface area contributed by atoms with Crippen LogP contribution in [-0.4, -0.2) is 45.1 Å². The lowest BCUT2D eigenvalue weighted by Gasteiger charge is -2.40. The summed E-state index contributed by atoms with van der Waals surface area (Å²) < 4.78 is 38.0. The topological polar surface area (TPSA) is 76.2 Å². The molecule has 1 fully saturated rings. The molecule has 0 bridgehead atoms. The molecular formula is C21H24N2O5S. The number of methoxy groups -OCH3 is 1. The van der Waals surface area contributed by atoms with E-state index in [1.165, 1.54) is 17.5 Å². The molecule has 4 rings (SSSR count). The fraction of sp³-hybridized carbons (Fsp3) is 0.381. The smallest absolute Gasteiger partial charge is 0.414 e. The van der Waals surface area contributed by atoms with Crippen molar-refractivity contribution in [1.82, 2.24) is 4.31 Å². The van der Waals surface area contributed by atoms with Gasteiger partial charge in [0.1, 0.15) is 12.4 Å². The molecule has 0 spiro atoms. The summed E-state index contributed by atoms with van der Waals surface area (Å²) in [5.41, 5.74) is 2.90. The van der Waals surface area contributed by atoms with Crippen LogP contribution in [-0.2, 0) is 21.4 Å². The number of carbonyl (C=O) groups excluding carboxylic acids is 1. The number of piperidine rings is 1. The molecule has 0 unspecified atom stereocenters. The molecule has 154 valence electrons. The van der Waals surface area contributed by atoms with E-state index in [1.807, 2.05) is 25.1 Å². The van der Waals surface area contributed by atoms with Crippen molar-refractivity contribution in [3.63, 3.8) is 0 Å². The molecular weight excluding hydrogens is 392 g/mol. The van der Waals surface area contributed by atoms with Crippen LogP contribution in [0.3, 0.4) is 0 Å². The summed E-state index contributed by atoms with van der Waals surface area (Å²) in [4.78, 5) is 14.5. The summed E-state index contributed by atoms with van der Waals surface area (Å²) in [5, 5.41) is 0. The molecule has 2 aromatic rings. The number of ether oxygens (including phenoxy) is 2. The quantitative estimate of drug-likeness (QED) is 0.764. The third-order valence-corrected chi connectivity index (χ3v) is 7.47. The molecule has 7 nitrogen and oxygen atoms in total. The summed E-state index contributed by atoms with van der Waals surface area (Å²) in [6.45, 7) is 2.94. The molecule has 2 aliphatic heterocycles. The molecule has 29 heavy (non-hydrogen) atoms. The summed E-state index contributed by atoms with van der Waals surface area (Å²) in [6.07, 6.45) is 0.735. The van der Waals surface area contributed by atoms with E-state index in [1.54, 1.807) is 23.1 Å². The molecule has 0 aliphatic carbocycles. The molecule has 2 heterocycles. The Hall–Kier alpha value is -2.58. The third kappa shape index (κ3) is 3.58. The minimum atomic E-state index is -3.61. The number of sulfonamides is 1. The largest absolute Gasteiger partial charge is 0.497 e. The van der Waals surface area contributed by atoms with Gasteiger partial charge in [-0.25, -0.2) is 13.2 Å². The van der Waals surface area contributed by atoms with E-state index < -0.39 is 10.0 Å². The van der Waals surface area contributed by atoms with Crippen molar-refractivity contribution >= 4 is 21.8 Å². The van der Waals surface area contributed by atoms with Gasteiger partial charge in [-0.3, -0.25) is 4.90 Å². The van der Waals surface area contributed by atoms with Crippen molar-refractivity contribution in [3.05, 3.63) is 53.6 Å². The normalized spacial score (nSPS) is 18.3. The zero-order valence-electron chi connectivity index (χ0n) is 16.5. The standard InChI is InChI=1S/C21H24N2O5S/c1-15-5-3-6-16-14-28-21(24)23(20(15)16)17-9-11-22(12-10-17)29(25,26)19-8-4-7-18(13-19)27-2/h3-8,13,17H,9-12,14H2,1-2H3. The Morgan fingerprint density at radius 2 is 1.83 bits per heavy atom. The Bertz CT molecular complexity index is 1030. The van der Waals surface area contributed by atoms with Gasteiger partial charge in [-0.05, 0) is 37.5 Å². The van der Waals surface area contributed by atoms with Crippen molar-refractivity contribution in [2.45, 2.75) is 37.3 Å². The maximum atomic E-state index is 13.0. The van der Waals surface area contributed by atoms with Crippen LogP contribution in [0.25, 0.3) is 0 Å². The van der Waals surface area contributed by atoms with Gasteiger partial charge in [0.25, 0.3) is 0 Å². The molecule has 2 aliphatic rings.